The minimum absolute atomic E-state index is 0.0302. The monoisotopic (exact) mass is 467 g/mol. The number of aromatic carboxylic acids is 1. The highest BCUT2D eigenvalue weighted by Gasteiger charge is 2.36. The summed E-state index contributed by atoms with van der Waals surface area (Å²) in [6.45, 7) is 11.2. The van der Waals surface area contributed by atoms with E-state index in [0.29, 0.717) is 25.2 Å². The Labute approximate surface area is 202 Å². The van der Waals surface area contributed by atoms with E-state index in [1.54, 1.807) is 4.90 Å². The van der Waals surface area contributed by atoms with Crippen LogP contribution in [0.25, 0.3) is 0 Å². The number of carbonyl (C=O) groups is 2. The molecule has 3 heterocycles. The summed E-state index contributed by atoms with van der Waals surface area (Å²) >= 11 is 0. The van der Waals surface area contributed by atoms with Crippen LogP contribution in [-0.4, -0.2) is 74.4 Å². The van der Waals surface area contributed by atoms with Crippen LogP contribution in [0.2, 0.25) is 0 Å². The molecule has 8 heteroatoms. The van der Waals surface area contributed by atoms with Gasteiger partial charge in [0.25, 0.3) is 0 Å². The predicted octanol–water partition coefficient (Wildman–Crippen LogP) is 4.22. The van der Waals surface area contributed by atoms with E-state index in [1.807, 2.05) is 0 Å². The Balaban J connectivity index is 1.44. The number of carboxylic acid groups (broad SMARTS) is 1. The Hall–Kier alpha value is -2.87. The third-order valence-electron chi connectivity index (χ3n) is 7.92. The van der Waals surface area contributed by atoms with Crippen molar-refractivity contribution in [3.05, 3.63) is 47.3 Å². The minimum Gasteiger partial charge on any atom is -0.476 e. The van der Waals surface area contributed by atoms with Crippen molar-refractivity contribution in [3.8, 4) is 0 Å². The molecule has 2 aromatic rings. The van der Waals surface area contributed by atoms with E-state index < -0.39 is 5.97 Å². The third-order valence-corrected chi connectivity index (χ3v) is 7.92. The molecule has 184 valence electrons. The number of carbonyl (C=O) groups excluding carboxylic acids is 1. The van der Waals surface area contributed by atoms with Gasteiger partial charge in [0.1, 0.15) is 0 Å². The largest absolute Gasteiger partial charge is 0.476 e. The molecule has 4 rings (SSSR count). The van der Waals surface area contributed by atoms with Crippen LogP contribution >= 0.6 is 0 Å². The highest BCUT2D eigenvalue weighted by molar-refractivity contribution is 5.86. The zero-order valence-electron chi connectivity index (χ0n) is 21.0. The van der Waals surface area contributed by atoms with Gasteiger partial charge < -0.3 is 14.9 Å². The lowest BCUT2D eigenvalue weighted by atomic mass is 9.87. The number of rotatable bonds is 5. The van der Waals surface area contributed by atoms with E-state index in [1.165, 1.54) is 41.9 Å². The first-order chi connectivity index (χ1) is 16.1. The maximum atomic E-state index is 12.8. The Kier molecular flexibility index (Phi) is 6.71. The summed E-state index contributed by atoms with van der Waals surface area (Å²) < 4.78 is 1.13. The Morgan fingerprint density at radius 2 is 1.79 bits per heavy atom. The second kappa shape index (κ2) is 9.41. The molecule has 2 aliphatic rings. The maximum absolute atomic E-state index is 12.8. The molecule has 0 aliphatic carbocycles. The van der Waals surface area contributed by atoms with Crippen molar-refractivity contribution in [3.63, 3.8) is 0 Å². The summed E-state index contributed by atoms with van der Waals surface area (Å²) in [5, 5.41) is 13.0. The van der Waals surface area contributed by atoms with Crippen LogP contribution in [0.5, 0.6) is 0 Å². The number of aromatic nitrogens is 2. The van der Waals surface area contributed by atoms with Crippen molar-refractivity contribution in [1.82, 2.24) is 19.6 Å². The van der Waals surface area contributed by atoms with Crippen molar-refractivity contribution in [1.29, 1.82) is 0 Å². The number of amides is 1. The highest BCUT2D eigenvalue weighted by atomic mass is 16.4. The van der Waals surface area contributed by atoms with Crippen molar-refractivity contribution >= 4 is 17.7 Å². The summed E-state index contributed by atoms with van der Waals surface area (Å²) in [5.74, 6) is -1.13. The van der Waals surface area contributed by atoms with Crippen LogP contribution in [-0.2, 0) is 6.54 Å². The Morgan fingerprint density at radius 3 is 2.38 bits per heavy atom. The maximum Gasteiger partial charge on any atom is 0.356 e. The second-order valence-corrected chi connectivity index (χ2v) is 10.4. The van der Waals surface area contributed by atoms with Crippen LogP contribution in [0, 0.1) is 6.92 Å². The predicted molar refractivity (Wildman–Crippen MR) is 132 cm³/mol. The molecule has 8 nitrogen and oxygen atoms in total. The van der Waals surface area contributed by atoms with Gasteiger partial charge in [-0.25, -0.2) is 9.59 Å². The fourth-order valence-electron chi connectivity index (χ4n) is 5.42. The first kappa shape index (κ1) is 24.3. The molecule has 2 fully saturated rings. The SMILES string of the molecule is Cc1ccc(CN(C)C2(C)CCN(C(=O)n3ccc(C(=O)O)n3)CC2)c(N2[C@H](C)CC[C@@H]2C)c1. The molecule has 34 heavy (non-hydrogen) atoms. The highest BCUT2D eigenvalue weighted by Crippen LogP contribution is 2.36. The minimum atomic E-state index is -1.13. The van der Waals surface area contributed by atoms with E-state index >= 15 is 0 Å². The molecule has 0 spiro atoms. The van der Waals surface area contributed by atoms with Crippen LogP contribution in [0.1, 0.15) is 68.1 Å². The number of hydrogen-bond acceptors (Lipinski definition) is 5. The van der Waals surface area contributed by atoms with Crippen LogP contribution in [0.3, 0.4) is 0 Å². The van der Waals surface area contributed by atoms with Crippen molar-refractivity contribution < 1.29 is 14.7 Å². The number of piperidine rings is 1. The second-order valence-electron chi connectivity index (χ2n) is 10.4. The standard InChI is InChI=1S/C26H37N5O3/c1-18-6-9-21(23(16-18)31-19(2)7-8-20(31)3)17-28(5)26(4)11-14-29(15-12-26)25(34)30-13-10-22(27-30)24(32)33/h6,9-10,13,16,19-20H,7-8,11-12,14-15,17H2,1-5H3,(H,32,33)/t19-,20+. The Morgan fingerprint density at radius 1 is 1.15 bits per heavy atom. The van der Waals surface area contributed by atoms with Crippen LogP contribution < -0.4 is 4.90 Å². The number of hydrogen-bond donors (Lipinski definition) is 1. The molecular weight excluding hydrogens is 430 g/mol. The molecule has 1 N–H and O–H groups in total. The van der Waals surface area contributed by atoms with Gasteiger partial charge in [0.2, 0.25) is 0 Å². The zero-order chi connectivity index (χ0) is 24.6. The van der Waals surface area contributed by atoms with Gasteiger partial charge >= 0.3 is 12.0 Å². The number of carboxylic acids is 1. The fraction of sp³-hybridized carbons (Fsp3) is 0.577. The molecule has 2 aliphatic heterocycles. The molecule has 1 amide bonds. The number of likely N-dealkylation sites (tertiary alicyclic amines) is 1. The summed E-state index contributed by atoms with van der Waals surface area (Å²) in [4.78, 5) is 30.7. The van der Waals surface area contributed by atoms with Gasteiger partial charge in [-0.3, -0.25) is 4.90 Å². The van der Waals surface area contributed by atoms with Gasteiger partial charge in [-0.15, -0.1) is 0 Å². The lowest BCUT2D eigenvalue weighted by molar-refractivity contribution is 0.0585. The smallest absolute Gasteiger partial charge is 0.356 e. The van der Waals surface area contributed by atoms with Crippen LogP contribution in [0.4, 0.5) is 10.5 Å². The number of nitrogens with zero attached hydrogens (tertiary/aromatic N) is 5. The number of anilines is 1. The van der Waals surface area contributed by atoms with E-state index in [0.717, 1.165) is 24.1 Å². The van der Waals surface area contributed by atoms with Gasteiger partial charge in [-0.05, 0) is 83.7 Å². The zero-order valence-corrected chi connectivity index (χ0v) is 21.0. The van der Waals surface area contributed by atoms with E-state index in [4.69, 9.17) is 5.11 Å². The number of aryl methyl sites for hydroxylation is 1. The molecule has 0 radical (unpaired) electrons. The lowest BCUT2D eigenvalue weighted by Gasteiger charge is -2.45. The molecule has 1 aromatic heterocycles. The van der Waals surface area contributed by atoms with Gasteiger partial charge in [0.15, 0.2) is 5.69 Å². The van der Waals surface area contributed by atoms with Gasteiger partial charge in [-0.2, -0.15) is 9.78 Å². The first-order valence-electron chi connectivity index (χ1n) is 12.3. The van der Waals surface area contributed by atoms with Crippen molar-refractivity contribution in [2.24, 2.45) is 0 Å². The molecule has 0 bridgehead atoms. The molecule has 0 saturated carbocycles. The Bertz CT molecular complexity index is 1050. The summed E-state index contributed by atoms with van der Waals surface area (Å²) in [6.07, 6.45) is 5.58. The van der Waals surface area contributed by atoms with Gasteiger partial charge in [-0.1, -0.05) is 12.1 Å². The first-order valence-corrected chi connectivity index (χ1v) is 12.3. The summed E-state index contributed by atoms with van der Waals surface area (Å²) in [5.41, 5.74) is 3.85. The van der Waals surface area contributed by atoms with E-state index in [2.05, 4.69) is 67.8 Å². The summed E-state index contributed by atoms with van der Waals surface area (Å²) in [6, 6.07) is 9.00. The summed E-state index contributed by atoms with van der Waals surface area (Å²) in [7, 11) is 2.19. The molecule has 2 atom stereocenters. The van der Waals surface area contributed by atoms with E-state index in [9.17, 15) is 9.59 Å². The average Bonchev–Trinajstić information content (AvgIpc) is 3.42. The van der Waals surface area contributed by atoms with Crippen LogP contribution in [0.15, 0.2) is 30.5 Å². The van der Waals surface area contributed by atoms with Crippen molar-refractivity contribution in [2.45, 2.75) is 77.5 Å². The fourth-order valence-corrected chi connectivity index (χ4v) is 5.42. The average molecular weight is 468 g/mol. The normalized spacial score (nSPS) is 22.4. The van der Waals surface area contributed by atoms with Gasteiger partial charge in [0, 0.05) is 49.1 Å². The molecule has 2 saturated heterocycles. The molecule has 0 unspecified atom stereocenters. The lowest BCUT2D eigenvalue weighted by Crippen LogP contribution is -2.53. The van der Waals surface area contributed by atoms with E-state index in [-0.39, 0.29) is 17.3 Å². The molecular formula is C26H37N5O3. The van der Waals surface area contributed by atoms with Gasteiger partial charge in [0.05, 0.1) is 0 Å². The molecule has 1 aromatic carbocycles. The van der Waals surface area contributed by atoms with Crippen molar-refractivity contribution in [2.75, 3.05) is 25.0 Å². The third kappa shape index (κ3) is 4.69. The topological polar surface area (TPSA) is 81.9 Å². The quantitative estimate of drug-likeness (QED) is 0.709. The number of benzene rings is 1.